The van der Waals surface area contributed by atoms with E-state index < -0.39 is 0 Å². The molecule has 1 amide bonds. The van der Waals surface area contributed by atoms with E-state index >= 15 is 0 Å². The van der Waals surface area contributed by atoms with Crippen molar-refractivity contribution in [2.24, 2.45) is 0 Å². The number of amides is 1. The summed E-state index contributed by atoms with van der Waals surface area (Å²) >= 11 is 0. The number of carbonyl (C=O) groups excluding carboxylic acids is 1. The molecule has 29 heavy (non-hydrogen) atoms. The van der Waals surface area contributed by atoms with Gasteiger partial charge in [0.1, 0.15) is 12.1 Å². The zero-order valence-electron chi connectivity index (χ0n) is 16.5. The summed E-state index contributed by atoms with van der Waals surface area (Å²) in [6.07, 6.45) is 6.00. The van der Waals surface area contributed by atoms with Crippen molar-refractivity contribution in [1.82, 2.24) is 9.88 Å². The van der Waals surface area contributed by atoms with E-state index in [0.29, 0.717) is 12.5 Å². The monoisotopic (exact) mass is 388 g/mol. The maximum Gasteiger partial charge on any atom is 0.410 e. The van der Waals surface area contributed by atoms with Crippen LogP contribution in [0.3, 0.4) is 0 Å². The summed E-state index contributed by atoms with van der Waals surface area (Å²) in [4.78, 5) is 19.2. The van der Waals surface area contributed by atoms with Crippen molar-refractivity contribution >= 4 is 22.8 Å². The predicted octanol–water partition coefficient (Wildman–Crippen LogP) is 5.48. The van der Waals surface area contributed by atoms with Crippen LogP contribution in [0.25, 0.3) is 16.7 Å². The molecule has 1 fully saturated rings. The average molecular weight is 388 g/mol. The Kier molecular flexibility index (Phi) is 4.58. The number of ether oxygens (including phenoxy) is 1. The van der Waals surface area contributed by atoms with Crippen molar-refractivity contribution in [3.8, 4) is 0 Å². The molecule has 2 aliphatic rings. The number of nitrogens with zero attached hydrogens (tertiary/aromatic N) is 2. The van der Waals surface area contributed by atoms with Gasteiger partial charge in [-0.25, -0.2) is 9.78 Å². The van der Waals surface area contributed by atoms with Gasteiger partial charge >= 0.3 is 6.09 Å². The van der Waals surface area contributed by atoms with E-state index in [9.17, 15) is 4.79 Å². The Morgan fingerprint density at radius 3 is 2.90 bits per heavy atom. The molecule has 148 valence electrons. The van der Waals surface area contributed by atoms with Crippen LogP contribution in [0.5, 0.6) is 0 Å². The highest BCUT2D eigenvalue weighted by Gasteiger charge is 2.38. The zero-order valence-corrected chi connectivity index (χ0v) is 16.5. The minimum Gasteiger partial charge on any atom is -0.445 e. The van der Waals surface area contributed by atoms with Gasteiger partial charge in [-0.2, -0.15) is 0 Å². The lowest BCUT2D eigenvalue weighted by Gasteiger charge is -2.44. The molecule has 0 spiro atoms. The van der Waals surface area contributed by atoms with Crippen molar-refractivity contribution in [1.29, 1.82) is 0 Å². The smallest absolute Gasteiger partial charge is 0.410 e. The number of hydrogen-bond acceptors (Lipinski definition) is 4. The molecule has 2 aromatic carbocycles. The van der Waals surface area contributed by atoms with Crippen LogP contribution < -0.4 is 0 Å². The molecular formula is C24H24N2O3. The molecule has 0 radical (unpaired) electrons. The Balaban J connectivity index is 1.36. The van der Waals surface area contributed by atoms with E-state index in [4.69, 9.17) is 9.15 Å². The first-order valence-corrected chi connectivity index (χ1v) is 10.2. The average Bonchev–Trinajstić information content (AvgIpc) is 3.11. The Bertz CT molecular complexity index is 1070. The Labute approximate surface area is 170 Å². The fraction of sp³-hybridized carbons (Fsp3) is 0.333. The molecule has 3 aromatic rings. The van der Waals surface area contributed by atoms with Crippen LogP contribution in [0.15, 0.2) is 59.0 Å². The van der Waals surface area contributed by atoms with Crippen molar-refractivity contribution in [3.63, 3.8) is 0 Å². The second-order valence-corrected chi connectivity index (χ2v) is 7.91. The number of hydrogen-bond donors (Lipinski definition) is 0. The SMILES string of the molecule is Cc1nc2ccc(C3=CC4CCCC(C3)N4C(=O)OCc3ccccc3)cc2o1. The van der Waals surface area contributed by atoms with Gasteiger partial charge in [-0.15, -0.1) is 0 Å². The van der Waals surface area contributed by atoms with Crippen molar-refractivity contribution in [2.45, 2.75) is 51.3 Å². The molecule has 2 aliphatic heterocycles. The van der Waals surface area contributed by atoms with Gasteiger partial charge in [-0.1, -0.05) is 42.5 Å². The molecule has 1 saturated heterocycles. The minimum atomic E-state index is -0.208. The van der Waals surface area contributed by atoms with Gasteiger partial charge in [0.15, 0.2) is 11.5 Å². The molecule has 0 N–H and O–H groups in total. The molecule has 5 nitrogen and oxygen atoms in total. The third-order valence-electron chi connectivity index (χ3n) is 5.92. The minimum absolute atomic E-state index is 0.0907. The largest absolute Gasteiger partial charge is 0.445 e. The fourth-order valence-electron chi connectivity index (χ4n) is 4.56. The van der Waals surface area contributed by atoms with Gasteiger partial charge in [0.25, 0.3) is 0 Å². The van der Waals surface area contributed by atoms with Gasteiger partial charge in [-0.3, -0.25) is 4.90 Å². The molecule has 5 rings (SSSR count). The molecule has 2 atom stereocenters. The molecule has 2 unspecified atom stereocenters. The van der Waals surface area contributed by atoms with Crippen LogP contribution in [-0.2, 0) is 11.3 Å². The molecular weight excluding hydrogens is 364 g/mol. The van der Waals surface area contributed by atoms with Gasteiger partial charge in [0.2, 0.25) is 0 Å². The third-order valence-corrected chi connectivity index (χ3v) is 5.92. The van der Waals surface area contributed by atoms with Gasteiger partial charge < -0.3 is 9.15 Å². The second-order valence-electron chi connectivity index (χ2n) is 7.91. The Hall–Kier alpha value is -3.08. The number of rotatable bonds is 3. The molecule has 0 saturated carbocycles. The number of benzene rings is 2. The topological polar surface area (TPSA) is 55.6 Å². The third kappa shape index (κ3) is 3.53. The molecule has 3 heterocycles. The van der Waals surface area contributed by atoms with E-state index in [1.165, 1.54) is 5.57 Å². The summed E-state index contributed by atoms with van der Waals surface area (Å²) < 4.78 is 11.3. The zero-order chi connectivity index (χ0) is 19.8. The van der Waals surface area contributed by atoms with Crippen molar-refractivity contribution in [3.05, 3.63) is 71.6 Å². The lowest BCUT2D eigenvalue weighted by molar-refractivity contribution is 0.0510. The standard InChI is InChI=1S/C24H24N2O3/c1-16-25-22-11-10-18(14-23(22)29-16)19-12-20-8-5-9-21(13-19)26(20)24(27)28-15-17-6-3-2-4-7-17/h2-4,6-7,10-12,14,20-21H,5,8-9,13,15H2,1H3. The van der Waals surface area contributed by atoms with E-state index in [2.05, 4.69) is 23.2 Å². The summed E-state index contributed by atoms with van der Waals surface area (Å²) in [7, 11) is 0. The molecule has 5 heteroatoms. The molecule has 0 aliphatic carbocycles. The number of aryl methyl sites for hydroxylation is 1. The van der Waals surface area contributed by atoms with Crippen molar-refractivity contribution in [2.75, 3.05) is 0 Å². The summed E-state index contributed by atoms with van der Waals surface area (Å²) in [5.74, 6) is 0.680. The predicted molar refractivity (Wildman–Crippen MR) is 111 cm³/mol. The van der Waals surface area contributed by atoms with Crippen LogP contribution in [-0.4, -0.2) is 28.1 Å². The normalized spacial score (nSPS) is 21.1. The quantitative estimate of drug-likeness (QED) is 0.596. The van der Waals surface area contributed by atoms with Gasteiger partial charge in [-0.05, 0) is 54.5 Å². The number of aromatic nitrogens is 1. The lowest BCUT2D eigenvalue weighted by atomic mass is 9.83. The number of oxazole rings is 1. The van der Waals surface area contributed by atoms with E-state index in [1.54, 1.807) is 0 Å². The van der Waals surface area contributed by atoms with Crippen LogP contribution in [0.1, 0.15) is 42.7 Å². The Morgan fingerprint density at radius 2 is 2.07 bits per heavy atom. The maximum absolute atomic E-state index is 12.9. The van der Waals surface area contributed by atoms with Crippen LogP contribution in [0, 0.1) is 6.92 Å². The van der Waals surface area contributed by atoms with E-state index in [-0.39, 0.29) is 18.2 Å². The molecule has 1 aromatic heterocycles. The number of carbonyl (C=O) groups is 1. The van der Waals surface area contributed by atoms with Gasteiger partial charge in [0.05, 0.1) is 6.04 Å². The second kappa shape index (κ2) is 7.39. The highest BCUT2D eigenvalue weighted by Crippen LogP contribution is 2.38. The van der Waals surface area contributed by atoms with Crippen LogP contribution >= 0.6 is 0 Å². The molecule has 2 bridgehead atoms. The van der Waals surface area contributed by atoms with E-state index in [0.717, 1.165) is 47.9 Å². The summed E-state index contributed by atoms with van der Waals surface area (Å²) in [5.41, 5.74) is 5.14. The van der Waals surface area contributed by atoms with Crippen LogP contribution in [0.2, 0.25) is 0 Å². The van der Waals surface area contributed by atoms with E-state index in [1.807, 2.05) is 48.2 Å². The van der Waals surface area contributed by atoms with Crippen molar-refractivity contribution < 1.29 is 13.9 Å². The lowest BCUT2D eigenvalue weighted by Crippen LogP contribution is -2.51. The highest BCUT2D eigenvalue weighted by atomic mass is 16.6. The fourth-order valence-corrected chi connectivity index (χ4v) is 4.56. The number of piperidine rings is 1. The first kappa shape index (κ1) is 18.0. The summed E-state index contributed by atoms with van der Waals surface area (Å²) in [6.45, 7) is 2.18. The highest BCUT2D eigenvalue weighted by molar-refractivity contribution is 5.81. The number of fused-ring (bicyclic) bond motifs is 3. The summed E-state index contributed by atoms with van der Waals surface area (Å²) in [6, 6.07) is 16.3. The first-order chi connectivity index (χ1) is 14.2. The Morgan fingerprint density at radius 1 is 1.21 bits per heavy atom. The van der Waals surface area contributed by atoms with Gasteiger partial charge in [0, 0.05) is 13.0 Å². The summed E-state index contributed by atoms with van der Waals surface area (Å²) in [5, 5.41) is 0. The first-order valence-electron chi connectivity index (χ1n) is 10.2. The maximum atomic E-state index is 12.9. The van der Waals surface area contributed by atoms with Crippen LogP contribution in [0.4, 0.5) is 4.79 Å².